The van der Waals surface area contributed by atoms with E-state index in [0.29, 0.717) is 6.61 Å². The highest BCUT2D eigenvalue weighted by molar-refractivity contribution is 5.71. The molecule has 5 nitrogen and oxygen atoms in total. The van der Waals surface area contributed by atoms with Gasteiger partial charge in [-0.3, -0.25) is 4.79 Å². The minimum Gasteiger partial charge on any atom is -0.489 e. The summed E-state index contributed by atoms with van der Waals surface area (Å²) in [5, 5.41) is 9.91. The third-order valence-electron chi connectivity index (χ3n) is 5.83. The van der Waals surface area contributed by atoms with Crippen molar-refractivity contribution >= 4 is 5.97 Å². The lowest BCUT2D eigenvalue weighted by Gasteiger charge is -2.31. The summed E-state index contributed by atoms with van der Waals surface area (Å²) >= 11 is 0. The van der Waals surface area contributed by atoms with E-state index in [4.69, 9.17) is 10.6 Å². The number of carbonyl (C=O) groups excluding carboxylic acids is 1. The molecule has 1 aromatic rings. The highest BCUT2D eigenvalue weighted by Gasteiger charge is 2.38. The molecule has 0 saturated heterocycles. The molecule has 1 fully saturated rings. The molecule has 2 aliphatic rings. The SMILES string of the molecule is CC#C[C@@H](CC(=O)ON)c1ccc(OCC2=C[C@]3(CCC2)CC[C@H](O)C3)cc1. The summed E-state index contributed by atoms with van der Waals surface area (Å²) in [5.41, 5.74) is 2.44. The van der Waals surface area contributed by atoms with Crippen LogP contribution in [0.1, 0.15) is 63.4 Å². The van der Waals surface area contributed by atoms with E-state index in [0.717, 1.165) is 43.4 Å². The molecule has 0 amide bonds. The fourth-order valence-electron chi connectivity index (χ4n) is 4.46. The van der Waals surface area contributed by atoms with Crippen molar-refractivity contribution in [3.8, 4) is 17.6 Å². The lowest BCUT2D eigenvalue weighted by atomic mass is 9.75. The Hall–Kier alpha value is -2.29. The summed E-state index contributed by atoms with van der Waals surface area (Å²) in [5.74, 6) is 10.9. The van der Waals surface area contributed by atoms with Crippen LogP contribution in [0.3, 0.4) is 0 Å². The standard InChI is InChI=1S/C23H29NO4/c1-2-4-19(13-22(26)28-24)18-6-8-21(9-7-18)27-16-17-5-3-11-23(14-17)12-10-20(25)15-23/h6-9,14,19-20,25H,3,5,10-13,15-16,24H2,1H3/t19-,20-,23-/m0/s1. The Morgan fingerprint density at radius 3 is 2.79 bits per heavy atom. The first-order valence-corrected chi connectivity index (χ1v) is 9.97. The minimum atomic E-state index is -0.483. The third kappa shape index (κ3) is 5.15. The first-order valence-electron chi connectivity index (χ1n) is 9.97. The zero-order valence-corrected chi connectivity index (χ0v) is 16.4. The Kier molecular flexibility index (Phi) is 6.77. The van der Waals surface area contributed by atoms with Crippen LogP contribution in [0.15, 0.2) is 35.9 Å². The van der Waals surface area contributed by atoms with Gasteiger partial charge in [0.25, 0.3) is 0 Å². The molecule has 28 heavy (non-hydrogen) atoms. The molecular formula is C23H29NO4. The lowest BCUT2D eigenvalue weighted by Crippen LogP contribution is -2.21. The molecule has 0 bridgehead atoms. The maximum atomic E-state index is 11.5. The number of rotatable bonds is 6. The monoisotopic (exact) mass is 383 g/mol. The summed E-state index contributed by atoms with van der Waals surface area (Å²) in [7, 11) is 0. The van der Waals surface area contributed by atoms with Crippen molar-refractivity contribution in [1.29, 1.82) is 0 Å². The van der Waals surface area contributed by atoms with Gasteiger partial charge in [0.15, 0.2) is 0 Å². The predicted molar refractivity (Wildman–Crippen MR) is 107 cm³/mol. The Balaban J connectivity index is 1.61. The number of carbonyl (C=O) groups is 1. The van der Waals surface area contributed by atoms with Gasteiger partial charge in [-0.25, -0.2) is 0 Å². The van der Waals surface area contributed by atoms with Crippen molar-refractivity contribution in [2.75, 3.05) is 6.61 Å². The van der Waals surface area contributed by atoms with Gasteiger partial charge >= 0.3 is 5.97 Å². The highest BCUT2D eigenvalue weighted by atomic mass is 16.7. The largest absolute Gasteiger partial charge is 0.489 e. The van der Waals surface area contributed by atoms with Crippen LogP contribution in [0, 0.1) is 17.3 Å². The van der Waals surface area contributed by atoms with E-state index < -0.39 is 5.97 Å². The van der Waals surface area contributed by atoms with E-state index in [9.17, 15) is 9.90 Å². The van der Waals surface area contributed by atoms with E-state index in [1.165, 1.54) is 12.0 Å². The van der Waals surface area contributed by atoms with Crippen LogP contribution < -0.4 is 10.6 Å². The van der Waals surface area contributed by atoms with Crippen molar-refractivity contribution in [1.82, 2.24) is 0 Å². The van der Waals surface area contributed by atoms with Gasteiger partial charge in [0, 0.05) is 0 Å². The van der Waals surface area contributed by atoms with Gasteiger partial charge in [-0.05, 0) is 74.1 Å². The van der Waals surface area contributed by atoms with Crippen LogP contribution >= 0.6 is 0 Å². The number of nitrogens with two attached hydrogens (primary N) is 1. The average Bonchev–Trinajstić information content (AvgIpc) is 3.06. The van der Waals surface area contributed by atoms with E-state index in [2.05, 4.69) is 22.8 Å². The number of aliphatic hydroxyl groups is 1. The normalized spacial score (nSPS) is 24.8. The number of hydrogen-bond donors (Lipinski definition) is 2. The summed E-state index contributed by atoms with van der Waals surface area (Å²) in [6, 6.07) is 7.67. The molecule has 3 atom stereocenters. The van der Waals surface area contributed by atoms with Crippen LogP contribution in [0.2, 0.25) is 0 Å². The first-order chi connectivity index (χ1) is 13.5. The van der Waals surface area contributed by atoms with Crippen molar-refractivity contribution < 1.29 is 19.5 Å². The average molecular weight is 383 g/mol. The number of aliphatic hydroxyl groups excluding tert-OH is 1. The van der Waals surface area contributed by atoms with Gasteiger partial charge < -0.3 is 14.7 Å². The van der Waals surface area contributed by atoms with Crippen molar-refractivity contribution in [2.24, 2.45) is 11.3 Å². The first kappa shape index (κ1) is 20.4. The van der Waals surface area contributed by atoms with Crippen LogP contribution in [0.4, 0.5) is 0 Å². The number of allylic oxidation sites excluding steroid dienone is 1. The molecule has 0 aliphatic heterocycles. The summed E-state index contributed by atoms with van der Waals surface area (Å²) in [6.07, 6.45) is 8.61. The minimum absolute atomic E-state index is 0.123. The molecule has 1 aromatic carbocycles. The summed E-state index contributed by atoms with van der Waals surface area (Å²) < 4.78 is 5.99. The molecule has 1 spiro atoms. The maximum Gasteiger partial charge on any atom is 0.326 e. The van der Waals surface area contributed by atoms with Gasteiger partial charge in [-0.1, -0.05) is 24.1 Å². The quantitative estimate of drug-likeness (QED) is 0.445. The zero-order valence-electron chi connectivity index (χ0n) is 16.4. The van der Waals surface area contributed by atoms with Crippen molar-refractivity contribution in [3.63, 3.8) is 0 Å². The predicted octanol–water partition coefficient (Wildman–Crippen LogP) is 3.62. The van der Waals surface area contributed by atoms with Gasteiger partial charge in [-0.15, -0.1) is 5.92 Å². The smallest absolute Gasteiger partial charge is 0.326 e. The molecule has 0 radical (unpaired) electrons. The molecule has 1 saturated carbocycles. The Morgan fingerprint density at radius 1 is 1.36 bits per heavy atom. The fraction of sp³-hybridized carbons (Fsp3) is 0.522. The molecule has 2 aliphatic carbocycles. The van der Waals surface area contributed by atoms with Crippen LogP contribution in [-0.2, 0) is 9.63 Å². The molecule has 0 unspecified atom stereocenters. The summed E-state index contributed by atoms with van der Waals surface area (Å²) in [6.45, 7) is 2.32. The second-order valence-electron chi connectivity index (χ2n) is 7.91. The second-order valence-corrected chi connectivity index (χ2v) is 7.91. The molecule has 150 valence electrons. The number of ether oxygens (including phenoxy) is 1. The van der Waals surface area contributed by atoms with E-state index in [-0.39, 0.29) is 23.9 Å². The molecule has 5 heteroatoms. The zero-order chi connectivity index (χ0) is 20.0. The van der Waals surface area contributed by atoms with E-state index in [1.807, 2.05) is 24.3 Å². The Morgan fingerprint density at radius 2 is 2.14 bits per heavy atom. The van der Waals surface area contributed by atoms with Crippen LogP contribution in [0.25, 0.3) is 0 Å². The van der Waals surface area contributed by atoms with Gasteiger partial charge in [0.05, 0.1) is 18.4 Å². The number of hydrogen-bond acceptors (Lipinski definition) is 5. The van der Waals surface area contributed by atoms with Crippen LogP contribution in [-0.4, -0.2) is 23.8 Å². The van der Waals surface area contributed by atoms with Crippen LogP contribution in [0.5, 0.6) is 5.75 Å². The third-order valence-corrected chi connectivity index (χ3v) is 5.83. The van der Waals surface area contributed by atoms with Crippen molar-refractivity contribution in [3.05, 3.63) is 41.5 Å². The Bertz CT molecular complexity index is 774. The van der Waals surface area contributed by atoms with Gasteiger partial charge in [0.1, 0.15) is 12.4 Å². The van der Waals surface area contributed by atoms with Gasteiger partial charge in [0.2, 0.25) is 0 Å². The fourth-order valence-corrected chi connectivity index (χ4v) is 4.46. The molecule has 0 heterocycles. The summed E-state index contributed by atoms with van der Waals surface area (Å²) in [4.78, 5) is 15.8. The number of benzene rings is 1. The van der Waals surface area contributed by atoms with Crippen molar-refractivity contribution in [2.45, 2.75) is 63.9 Å². The van der Waals surface area contributed by atoms with Gasteiger partial charge in [-0.2, -0.15) is 5.90 Å². The lowest BCUT2D eigenvalue weighted by molar-refractivity contribution is -0.144. The topological polar surface area (TPSA) is 81.8 Å². The highest BCUT2D eigenvalue weighted by Crippen LogP contribution is 2.47. The molecular weight excluding hydrogens is 354 g/mol. The Labute approximate surface area is 166 Å². The second kappa shape index (κ2) is 9.27. The van der Waals surface area contributed by atoms with E-state index >= 15 is 0 Å². The van der Waals surface area contributed by atoms with E-state index in [1.54, 1.807) is 6.92 Å². The molecule has 0 aromatic heterocycles. The maximum absolute atomic E-state index is 11.5. The molecule has 3 N–H and O–H groups in total. The molecule has 3 rings (SSSR count).